The van der Waals surface area contributed by atoms with Crippen LogP contribution in [0.5, 0.6) is 0 Å². The van der Waals surface area contributed by atoms with Crippen LogP contribution in [0, 0.1) is 6.92 Å². The second-order valence-corrected chi connectivity index (χ2v) is 4.23. The SMILES string of the molecule is Cc1noc(CNC(=O)COC2CCCC2)n1. The number of carbonyl (C=O) groups excluding carboxylic acids is 1. The number of ether oxygens (including phenoxy) is 1. The molecular formula is C11H17N3O3. The first-order chi connectivity index (χ1) is 8.24. The summed E-state index contributed by atoms with van der Waals surface area (Å²) >= 11 is 0. The zero-order valence-corrected chi connectivity index (χ0v) is 9.94. The molecule has 1 fully saturated rings. The van der Waals surface area contributed by atoms with E-state index in [0.717, 1.165) is 12.8 Å². The molecule has 1 aliphatic rings. The highest BCUT2D eigenvalue weighted by molar-refractivity contribution is 5.77. The summed E-state index contributed by atoms with van der Waals surface area (Å²) in [6.45, 7) is 2.10. The van der Waals surface area contributed by atoms with Crippen molar-refractivity contribution in [2.24, 2.45) is 0 Å². The second-order valence-electron chi connectivity index (χ2n) is 4.23. The third-order valence-corrected chi connectivity index (χ3v) is 2.76. The number of aromatic nitrogens is 2. The number of amides is 1. The van der Waals surface area contributed by atoms with Gasteiger partial charge in [0.25, 0.3) is 0 Å². The first-order valence-corrected chi connectivity index (χ1v) is 5.91. The maximum Gasteiger partial charge on any atom is 0.246 e. The fourth-order valence-electron chi connectivity index (χ4n) is 1.89. The Morgan fingerprint density at radius 3 is 2.94 bits per heavy atom. The molecule has 1 N–H and O–H groups in total. The Balaban J connectivity index is 1.63. The van der Waals surface area contributed by atoms with E-state index in [0.29, 0.717) is 11.7 Å². The molecule has 17 heavy (non-hydrogen) atoms. The molecule has 6 heteroatoms. The summed E-state index contributed by atoms with van der Waals surface area (Å²) in [6, 6.07) is 0. The van der Waals surface area contributed by atoms with E-state index in [1.165, 1.54) is 12.8 Å². The number of carbonyl (C=O) groups is 1. The van der Waals surface area contributed by atoms with Crippen molar-refractivity contribution >= 4 is 5.91 Å². The average Bonchev–Trinajstić information content (AvgIpc) is 2.95. The van der Waals surface area contributed by atoms with Gasteiger partial charge in [-0.05, 0) is 19.8 Å². The first kappa shape index (κ1) is 12.0. The maximum atomic E-state index is 11.5. The molecule has 1 aromatic heterocycles. The van der Waals surface area contributed by atoms with Gasteiger partial charge >= 0.3 is 0 Å². The zero-order valence-electron chi connectivity index (χ0n) is 9.94. The van der Waals surface area contributed by atoms with E-state index in [2.05, 4.69) is 15.5 Å². The van der Waals surface area contributed by atoms with E-state index >= 15 is 0 Å². The minimum Gasteiger partial charge on any atom is -0.368 e. The lowest BCUT2D eigenvalue weighted by atomic mass is 10.3. The molecule has 0 aromatic carbocycles. The predicted molar refractivity (Wildman–Crippen MR) is 59.1 cm³/mol. The number of aryl methyl sites for hydroxylation is 1. The highest BCUT2D eigenvalue weighted by Gasteiger charge is 2.16. The van der Waals surface area contributed by atoms with Crippen LogP contribution >= 0.6 is 0 Å². The van der Waals surface area contributed by atoms with E-state index in [9.17, 15) is 4.79 Å². The lowest BCUT2D eigenvalue weighted by Gasteiger charge is -2.10. The molecule has 0 atom stereocenters. The van der Waals surface area contributed by atoms with Gasteiger partial charge in [0.15, 0.2) is 5.82 Å². The van der Waals surface area contributed by atoms with Crippen molar-refractivity contribution in [2.45, 2.75) is 45.3 Å². The molecule has 94 valence electrons. The van der Waals surface area contributed by atoms with Gasteiger partial charge in [0.1, 0.15) is 6.61 Å². The Kier molecular flexibility index (Phi) is 4.08. The van der Waals surface area contributed by atoms with Crippen LogP contribution in [0.15, 0.2) is 4.52 Å². The van der Waals surface area contributed by atoms with E-state index in [4.69, 9.17) is 9.26 Å². The van der Waals surface area contributed by atoms with Gasteiger partial charge in [0, 0.05) is 0 Å². The van der Waals surface area contributed by atoms with Crippen LogP contribution in [0.3, 0.4) is 0 Å². The molecule has 0 spiro atoms. The van der Waals surface area contributed by atoms with Gasteiger partial charge < -0.3 is 14.6 Å². The monoisotopic (exact) mass is 239 g/mol. The van der Waals surface area contributed by atoms with Crippen molar-refractivity contribution in [1.82, 2.24) is 15.5 Å². The van der Waals surface area contributed by atoms with Crippen molar-refractivity contribution in [3.05, 3.63) is 11.7 Å². The van der Waals surface area contributed by atoms with Gasteiger partial charge in [0.05, 0.1) is 12.6 Å². The standard InChI is InChI=1S/C11H17N3O3/c1-8-13-11(17-14-8)6-12-10(15)7-16-9-4-2-3-5-9/h9H,2-7H2,1H3,(H,12,15). The Morgan fingerprint density at radius 2 is 2.29 bits per heavy atom. The quantitative estimate of drug-likeness (QED) is 0.827. The van der Waals surface area contributed by atoms with E-state index in [-0.39, 0.29) is 25.2 Å². The third kappa shape index (κ3) is 3.81. The molecule has 0 bridgehead atoms. The number of hydrogen-bond acceptors (Lipinski definition) is 5. The Labute approximate surface area is 99.7 Å². The molecule has 2 rings (SSSR count). The number of nitrogens with zero attached hydrogens (tertiary/aromatic N) is 2. The first-order valence-electron chi connectivity index (χ1n) is 5.91. The minimum atomic E-state index is -0.146. The molecule has 6 nitrogen and oxygen atoms in total. The van der Waals surface area contributed by atoms with Crippen molar-refractivity contribution in [3.63, 3.8) is 0 Å². The van der Waals surface area contributed by atoms with Crippen LogP contribution in [0.2, 0.25) is 0 Å². The van der Waals surface area contributed by atoms with Gasteiger partial charge in [-0.3, -0.25) is 4.79 Å². The Morgan fingerprint density at radius 1 is 1.53 bits per heavy atom. The summed E-state index contributed by atoms with van der Waals surface area (Å²) in [6.07, 6.45) is 4.79. The molecule has 1 aromatic rings. The van der Waals surface area contributed by atoms with Crippen LogP contribution < -0.4 is 5.32 Å². The van der Waals surface area contributed by atoms with Gasteiger partial charge in [-0.25, -0.2) is 0 Å². The predicted octanol–water partition coefficient (Wildman–Crippen LogP) is 0.953. The molecule has 1 aliphatic carbocycles. The second kappa shape index (κ2) is 5.77. The number of hydrogen-bond donors (Lipinski definition) is 1. The normalized spacial score (nSPS) is 16.3. The average molecular weight is 239 g/mol. The van der Waals surface area contributed by atoms with Crippen molar-refractivity contribution in [1.29, 1.82) is 0 Å². The van der Waals surface area contributed by atoms with E-state index < -0.39 is 0 Å². The summed E-state index contributed by atoms with van der Waals surface area (Å²) in [5.74, 6) is 0.834. The lowest BCUT2D eigenvalue weighted by Crippen LogP contribution is -2.29. The molecule has 0 aliphatic heterocycles. The summed E-state index contributed by atoms with van der Waals surface area (Å²) in [5.41, 5.74) is 0. The topological polar surface area (TPSA) is 77.2 Å². The number of rotatable bonds is 5. The smallest absolute Gasteiger partial charge is 0.246 e. The van der Waals surface area contributed by atoms with Crippen LogP contribution in [-0.2, 0) is 16.1 Å². The highest BCUT2D eigenvalue weighted by Crippen LogP contribution is 2.20. The van der Waals surface area contributed by atoms with Gasteiger partial charge in [-0.2, -0.15) is 4.98 Å². The van der Waals surface area contributed by atoms with Crippen molar-refractivity contribution in [2.75, 3.05) is 6.61 Å². The maximum absolute atomic E-state index is 11.5. The molecule has 0 radical (unpaired) electrons. The van der Waals surface area contributed by atoms with Crippen molar-refractivity contribution in [3.8, 4) is 0 Å². The highest BCUT2D eigenvalue weighted by atomic mass is 16.5. The van der Waals surface area contributed by atoms with E-state index in [1.807, 2.05) is 0 Å². The fraction of sp³-hybridized carbons (Fsp3) is 0.727. The Bertz CT molecular complexity index is 372. The molecule has 0 unspecified atom stereocenters. The van der Waals surface area contributed by atoms with Crippen LogP contribution in [0.25, 0.3) is 0 Å². The van der Waals surface area contributed by atoms with Crippen molar-refractivity contribution < 1.29 is 14.1 Å². The zero-order chi connectivity index (χ0) is 12.1. The minimum absolute atomic E-state index is 0.109. The lowest BCUT2D eigenvalue weighted by molar-refractivity contribution is -0.127. The molecular weight excluding hydrogens is 222 g/mol. The fourth-order valence-corrected chi connectivity index (χ4v) is 1.89. The molecule has 1 saturated carbocycles. The molecule has 1 heterocycles. The Hall–Kier alpha value is -1.43. The third-order valence-electron chi connectivity index (χ3n) is 2.76. The summed E-state index contributed by atoms with van der Waals surface area (Å²) in [4.78, 5) is 15.4. The van der Waals surface area contributed by atoms with Gasteiger partial charge in [0.2, 0.25) is 11.8 Å². The van der Waals surface area contributed by atoms with Crippen LogP contribution in [-0.4, -0.2) is 28.8 Å². The van der Waals surface area contributed by atoms with Gasteiger partial charge in [-0.15, -0.1) is 0 Å². The molecule has 0 saturated heterocycles. The number of nitrogens with one attached hydrogen (secondary N) is 1. The van der Waals surface area contributed by atoms with Crippen LogP contribution in [0.4, 0.5) is 0 Å². The van der Waals surface area contributed by atoms with Gasteiger partial charge in [-0.1, -0.05) is 18.0 Å². The summed E-state index contributed by atoms with van der Waals surface area (Å²) < 4.78 is 10.4. The molecule has 1 amide bonds. The van der Waals surface area contributed by atoms with Crippen LogP contribution in [0.1, 0.15) is 37.4 Å². The summed E-state index contributed by atoms with van der Waals surface area (Å²) in [7, 11) is 0. The largest absolute Gasteiger partial charge is 0.368 e. The van der Waals surface area contributed by atoms with E-state index in [1.54, 1.807) is 6.92 Å². The summed E-state index contributed by atoms with van der Waals surface area (Å²) in [5, 5.41) is 6.31.